The average molecular weight is 447 g/mol. The number of ether oxygens (including phenoxy) is 2. The maximum absolute atomic E-state index is 12.7. The Hall–Kier alpha value is -2.58. The molecular weight excluding hydrogens is 420 g/mol. The molecule has 0 radical (unpaired) electrons. The number of morpholine rings is 1. The summed E-state index contributed by atoms with van der Waals surface area (Å²) in [5.74, 6) is 0.687. The molecular formula is C22H27ClN4O4. The summed E-state index contributed by atoms with van der Waals surface area (Å²) < 4.78 is 13.5. The van der Waals surface area contributed by atoms with Gasteiger partial charge in [0.05, 0.1) is 37.0 Å². The predicted molar refractivity (Wildman–Crippen MR) is 115 cm³/mol. The Bertz CT molecular complexity index is 947. The summed E-state index contributed by atoms with van der Waals surface area (Å²) in [5, 5.41) is 5.18. The molecule has 0 saturated carbocycles. The third-order valence-corrected chi connectivity index (χ3v) is 6.01. The number of carbonyl (C=O) groups is 2. The fourth-order valence-corrected chi connectivity index (χ4v) is 4.13. The summed E-state index contributed by atoms with van der Waals surface area (Å²) in [5.41, 5.74) is 1.81. The second-order valence-corrected chi connectivity index (χ2v) is 8.24. The van der Waals surface area contributed by atoms with Crippen LogP contribution in [0.25, 0.3) is 0 Å². The molecule has 0 unspecified atom stereocenters. The molecule has 2 fully saturated rings. The molecule has 1 aromatic heterocycles. The number of halogens is 1. The van der Waals surface area contributed by atoms with Crippen LogP contribution in [0.3, 0.4) is 0 Å². The van der Waals surface area contributed by atoms with Crippen LogP contribution in [0.2, 0.25) is 5.02 Å². The van der Waals surface area contributed by atoms with Crippen LogP contribution in [0.15, 0.2) is 30.3 Å². The number of benzene rings is 1. The molecule has 0 N–H and O–H groups in total. The van der Waals surface area contributed by atoms with Gasteiger partial charge in [-0.25, -0.2) is 0 Å². The van der Waals surface area contributed by atoms with Crippen molar-refractivity contribution in [3.8, 4) is 5.75 Å². The molecule has 2 amide bonds. The quantitative estimate of drug-likeness (QED) is 0.651. The van der Waals surface area contributed by atoms with Gasteiger partial charge in [0.15, 0.2) is 0 Å². The maximum atomic E-state index is 12.7. The summed E-state index contributed by atoms with van der Waals surface area (Å²) in [7, 11) is 1.89. The highest BCUT2D eigenvalue weighted by molar-refractivity contribution is 6.32. The van der Waals surface area contributed by atoms with E-state index in [0.717, 1.165) is 17.8 Å². The molecule has 2 aromatic rings. The normalized spacial score (nSPS) is 19.2. The first-order valence-electron chi connectivity index (χ1n) is 10.6. The van der Waals surface area contributed by atoms with Crippen LogP contribution in [-0.2, 0) is 27.8 Å². The number of para-hydroxylation sites is 1. The number of rotatable bonds is 7. The minimum absolute atomic E-state index is 0.0344. The molecule has 166 valence electrons. The zero-order valence-corrected chi connectivity index (χ0v) is 18.4. The molecule has 31 heavy (non-hydrogen) atoms. The number of hydrogen-bond donors (Lipinski definition) is 0. The van der Waals surface area contributed by atoms with Gasteiger partial charge in [-0.15, -0.1) is 0 Å². The predicted octanol–water partition coefficient (Wildman–Crippen LogP) is 2.22. The highest BCUT2D eigenvalue weighted by Crippen LogP contribution is 2.25. The van der Waals surface area contributed by atoms with Gasteiger partial charge in [0, 0.05) is 38.7 Å². The summed E-state index contributed by atoms with van der Waals surface area (Å²) in [4.78, 5) is 27.9. The van der Waals surface area contributed by atoms with Crippen molar-refractivity contribution in [1.29, 1.82) is 0 Å². The molecule has 9 heteroatoms. The first-order chi connectivity index (χ1) is 15.0. The SMILES string of the molecule is Cn1nc([C@@H]2CN(C(=O)CN3CCCC3=O)CCO2)cc1CCOc1ccccc1Cl. The third-order valence-electron chi connectivity index (χ3n) is 5.69. The number of aromatic nitrogens is 2. The molecule has 3 heterocycles. The lowest BCUT2D eigenvalue weighted by molar-refractivity contribution is -0.143. The van der Waals surface area contributed by atoms with Crippen LogP contribution in [0.1, 0.15) is 30.3 Å². The minimum atomic E-state index is -0.281. The van der Waals surface area contributed by atoms with E-state index in [9.17, 15) is 9.59 Å². The van der Waals surface area contributed by atoms with Crippen LogP contribution in [-0.4, -0.2) is 70.8 Å². The Morgan fingerprint density at radius 1 is 1.32 bits per heavy atom. The zero-order chi connectivity index (χ0) is 21.8. The van der Waals surface area contributed by atoms with Crippen LogP contribution >= 0.6 is 11.6 Å². The van der Waals surface area contributed by atoms with Crippen molar-refractivity contribution in [2.75, 3.05) is 39.4 Å². The Morgan fingerprint density at radius 3 is 2.94 bits per heavy atom. The largest absolute Gasteiger partial charge is 0.492 e. The lowest BCUT2D eigenvalue weighted by Crippen LogP contribution is -2.47. The number of likely N-dealkylation sites (tertiary alicyclic amines) is 1. The molecule has 1 aromatic carbocycles. The van der Waals surface area contributed by atoms with Gasteiger partial charge in [0.1, 0.15) is 11.9 Å². The van der Waals surface area contributed by atoms with Crippen molar-refractivity contribution in [1.82, 2.24) is 19.6 Å². The van der Waals surface area contributed by atoms with Crippen LogP contribution in [0.4, 0.5) is 0 Å². The second-order valence-electron chi connectivity index (χ2n) is 7.83. The van der Waals surface area contributed by atoms with Crippen molar-refractivity contribution in [2.45, 2.75) is 25.4 Å². The van der Waals surface area contributed by atoms with E-state index in [1.807, 2.05) is 36.0 Å². The van der Waals surface area contributed by atoms with E-state index in [1.54, 1.807) is 15.9 Å². The van der Waals surface area contributed by atoms with Gasteiger partial charge in [0.25, 0.3) is 0 Å². The van der Waals surface area contributed by atoms with E-state index in [-0.39, 0.29) is 24.5 Å². The van der Waals surface area contributed by atoms with Gasteiger partial charge in [-0.3, -0.25) is 14.3 Å². The Labute approximate surface area is 186 Å². The zero-order valence-electron chi connectivity index (χ0n) is 17.6. The molecule has 2 aliphatic heterocycles. The van der Waals surface area contributed by atoms with Crippen molar-refractivity contribution in [2.24, 2.45) is 7.05 Å². The monoisotopic (exact) mass is 446 g/mol. The van der Waals surface area contributed by atoms with Gasteiger partial charge in [-0.2, -0.15) is 5.10 Å². The number of hydrogen-bond acceptors (Lipinski definition) is 5. The minimum Gasteiger partial charge on any atom is -0.492 e. The van der Waals surface area contributed by atoms with E-state index in [2.05, 4.69) is 5.10 Å². The first-order valence-corrected chi connectivity index (χ1v) is 11.0. The van der Waals surface area contributed by atoms with E-state index < -0.39 is 0 Å². The van der Waals surface area contributed by atoms with Crippen molar-refractivity contribution in [3.63, 3.8) is 0 Å². The molecule has 0 spiro atoms. The van der Waals surface area contributed by atoms with Gasteiger partial charge >= 0.3 is 0 Å². The highest BCUT2D eigenvalue weighted by atomic mass is 35.5. The molecule has 0 aliphatic carbocycles. The Balaban J connectivity index is 1.33. The van der Waals surface area contributed by atoms with E-state index in [0.29, 0.717) is 56.5 Å². The van der Waals surface area contributed by atoms with Gasteiger partial charge in [0.2, 0.25) is 11.8 Å². The summed E-state index contributed by atoms with van der Waals surface area (Å²) >= 11 is 6.13. The molecule has 1 atom stereocenters. The third kappa shape index (κ3) is 5.19. The summed E-state index contributed by atoms with van der Waals surface area (Å²) in [6, 6.07) is 9.39. The summed E-state index contributed by atoms with van der Waals surface area (Å²) in [6.07, 6.45) is 1.75. The fraction of sp³-hybridized carbons (Fsp3) is 0.500. The molecule has 8 nitrogen and oxygen atoms in total. The number of carbonyl (C=O) groups excluding carboxylic acids is 2. The van der Waals surface area contributed by atoms with Crippen molar-refractivity contribution < 1.29 is 19.1 Å². The second kappa shape index (κ2) is 9.70. The van der Waals surface area contributed by atoms with Crippen LogP contribution in [0, 0.1) is 0 Å². The lowest BCUT2D eigenvalue weighted by atomic mass is 10.2. The standard InChI is InChI=1S/C22H27ClN4O4/c1-25-16(8-11-30-19-6-3-2-5-17(19)23)13-18(24-25)20-14-27(10-12-31-20)22(29)15-26-9-4-7-21(26)28/h2-3,5-6,13,20H,4,7-12,14-15H2,1H3/t20-/m0/s1. The van der Waals surface area contributed by atoms with Crippen LogP contribution in [0.5, 0.6) is 5.75 Å². The highest BCUT2D eigenvalue weighted by Gasteiger charge is 2.30. The summed E-state index contributed by atoms with van der Waals surface area (Å²) in [6.45, 7) is 2.71. The fourth-order valence-electron chi connectivity index (χ4n) is 3.94. The number of aryl methyl sites for hydroxylation is 1. The smallest absolute Gasteiger partial charge is 0.242 e. The average Bonchev–Trinajstić information content (AvgIpc) is 3.35. The van der Waals surface area contributed by atoms with E-state index in [1.165, 1.54) is 0 Å². The number of nitrogens with zero attached hydrogens (tertiary/aromatic N) is 4. The van der Waals surface area contributed by atoms with Gasteiger partial charge < -0.3 is 19.3 Å². The molecule has 4 rings (SSSR count). The Kier molecular flexibility index (Phi) is 6.77. The van der Waals surface area contributed by atoms with Gasteiger partial charge in [-0.1, -0.05) is 23.7 Å². The Morgan fingerprint density at radius 2 is 2.16 bits per heavy atom. The number of amides is 2. The van der Waals surface area contributed by atoms with Crippen molar-refractivity contribution in [3.05, 3.63) is 46.7 Å². The van der Waals surface area contributed by atoms with E-state index >= 15 is 0 Å². The maximum Gasteiger partial charge on any atom is 0.242 e. The molecule has 2 saturated heterocycles. The molecule has 2 aliphatic rings. The molecule has 0 bridgehead atoms. The van der Waals surface area contributed by atoms with Crippen molar-refractivity contribution >= 4 is 23.4 Å². The lowest BCUT2D eigenvalue weighted by Gasteiger charge is -2.33. The van der Waals surface area contributed by atoms with Crippen LogP contribution < -0.4 is 4.74 Å². The topological polar surface area (TPSA) is 76.9 Å². The first kappa shape index (κ1) is 21.6. The van der Waals surface area contributed by atoms with E-state index in [4.69, 9.17) is 21.1 Å². The van der Waals surface area contributed by atoms with Gasteiger partial charge in [-0.05, 0) is 24.6 Å².